The first-order valence-corrected chi connectivity index (χ1v) is 19.8. The quantitative estimate of drug-likeness (QED) is 0.146. The van der Waals surface area contributed by atoms with Gasteiger partial charge in [0.1, 0.15) is 0 Å². The van der Waals surface area contributed by atoms with Crippen molar-refractivity contribution in [1.29, 1.82) is 0 Å². The van der Waals surface area contributed by atoms with E-state index in [0.717, 1.165) is 33.4 Å². The summed E-state index contributed by atoms with van der Waals surface area (Å²) < 4.78 is 0. The lowest BCUT2D eigenvalue weighted by Gasteiger charge is -2.23. The van der Waals surface area contributed by atoms with Gasteiger partial charge in [0.25, 0.3) is 0 Å². The van der Waals surface area contributed by atoms with Crippen LogP contribution >= 0.6 is 0 Å². The normalized spacial score (nSPS) is 11.1. The standard InChI is InChI=1S/C57H43/c1-39-31-33-44(34-32-39)57-41(3)18-14-30-52(57)56-37-53(48-26-16-24-46(36-48)43-21-8-5-9-22-43)55(38-54(56)49-27-11-10-17-40(49)2)51-29-13-12-28-50(51)47-25-15-23-45(35-47)42-19-6-4-7-20-42/h4-37H,1-3H3. The number of hydrogen-bond acceptors (Lipinski definition) is 0. The molecule has 0 spiro atoms. The van der Waals surface area contributed by atoms with Crippen LogP contribution in [0.2, 0.25) is 0 Å². The van der Waals surface area contributed by atoms with Gasteiger partial charge in [0, 0.05) is 0 Å². The molecule has 0 amide bonds. The molecular formula is C57H43. The topological polar surface area (TPSA) is 0 Å². The van der Waals surface area contributed by atoms with Crippen molar-refractivity contribution in [1.82, 2.24) is 0 Å². The van der Waals surface area contributed by atoms with E-state index in [9.17, 15) is 0 Å². The zero-order valence-corrected chi connectivity index (χ0v) is 32.6. The minimum Gasteiger partial charge on any atom is -0.0622 e. The molecule has 9 aromatic rings. The molecule has 9 rings (SSSR count). The van der Waals surface area contributed by atoms with E-state index >= 15 is 0 Å². The third kappa shape index (κ3) is 7.15. The highest BCUT2D eigenvalue weighted by molar-refractivity contribution is 6.01. The second-order valence-corrected chi connectivity index (χ2v) is 15.0. The first-order valence-electron chi connectivity index (χ1n) is 19.8. The minimum absolute atomic E-state index is 1.08. The number of hydrogen-bond donors (Lipinski definition) is 0. The van der Waals surface area contributed by atoms with E-state index in [1.165, 1.54) is 72.3 Å². The summed E-state index contributed by atoms with van der Waals surface area (Å²) in [6.07, 6.45) is 0. The van der Waals surface area contributed by atoms with Crippen LogP contribution in [0.1, 0.15) is 16.7 Å². The highest BCUT2D eigenvalue weighted by Gasteiger charge is 2.22. The molecular weight excluding hydrogens is 685 g/mol. The third-order valence-corrected chi connectivity index (χ3v) is 11.2. The highest BCUT2D eigenvalue weighted by atomic mass is 14.3. The number of rotatable bonds is 8. The van der Waals surface area contributed by atoms with Crippen molar-refractivity contribution < 1.29 is 0 Å². The summed E-state index contributed by atoms with van der Waals surface area (Å²) >= 11 is 0. The van der Waals surface area contributed by atoms with Crippen LogP contribution in [0, 0.1) is 26.8 Å². The molecule has 0 aromatic heterocycles. The van der Waals surface area contributed by atoms with E-state index in [-0.39, 0.29) is 0 Å². The molecule has 0 aliphatic carbocycles. The van der Waals surface area contributed by atoms with Crippen molar-refractivity contribution in [2.75, 3.05) is 0 Å². The summed E-state index contributed by atoms with van der Waals surface area (Å²) in [7, 11) is 0. The Labute approximate surface area is 337 Å². The monoisotopic (exact) mass is 727 g/mol. The van der Waals surface area contributed by atoms with Gasteiger partial charge in [-0.2, -0.15) is 0 Å². The van der Waals surface area contributed by atoms with Gasteiger partial charge >= 0.3 is 0 Å². The van der Waals surface area contributed by atoms with E-state index < -0.39 is 0 Å². The van der Waals surface area contributed by atoms with Gasteiger partial charge in [-0.25, -0.2) is 0 Å². The fourth-order valence-electron chi connectivity index (χ4n) is 8.21. The predicted octanol–water partition coefficient (Wildman–Crippen LogP) is 15.7. The molecule has 0 aliphatic rings. The maximum Gasteiger partial charge on any atom is -0.000106 e. The van der Waals surface area contributed by atoms with Gasteiger partial charge in [-0.05, 0) is 145 Å². The van der Waals surface area contributed by atoms with Gasteiger partial charge < -0.3 is 0 Å². The van der Waals surface area contributed by atoms with Gasteiger partial charge in [0.2, 0.25) is 0 Å². The second-order valence-electron chi connectivity index (χ2n) is 15.0. The van der Waals surface area contributed by atoms with Crippen molar-refractivity contribution in [3.63, 3.8) is 0 Å². The zero-order chi connectivity index (χ0) is 38.7. The Balaban J connectivity index is 1.36. The first-order chi connectivity index (χ1) is 28.0. The molecule has 271 valence electrons. The Bertz CT molecular complexity index is 2840. The highest BCUT2D eigenvalue weighted by Crippen LogP contribution is 2.47. The van der Waals surface area contributed by atoms with E-state index in [1.807, 2.05) is 0 Å². The molecule has 1 radical (unpaired) electrons. The number of aryl methyl sites for hydroxylation is 3. The molecule has 0 atom stereocenters. The minimum atomic E-state index is 1.08. The molecule has 0 heteroatoms. The smallest absolute Gasteiger partial charge is 0.000106 e. The Hall–Kier alpha value is -7.02. The molecule has 0 saturated heterocycles. The van der Waals surface area contributed by atoms with Crippen LogP contribution in [0.5, 0.6) is 0 Å². The second kappa shape index (κ2) is 15.6. The molecule has 0 bridgehead atoms. The van der Waals surface area contributed by atoms with Crippen molar-refractivity contribution in [2.45, 2.75) is 20.8 Å². The van der Waals surface area contributed by atoms with E-state index in [1.54, 1.807) is 0 Å². The summed E-state index contributed by atoms with van der Waals surface area (Å²) in [6.45, 7) is 6.59. The van der Waals surface area contributed by atoms with E-state index in [0.29, 0.717) is 0 Å². The average Bonchev–Trinajstić information content (AvgIpc) is 3.27. The Morgan fingerprint density at radius 2 is 0.719 bits per heavy atom. The summed E-state index contributed by atoms with van der Waals surface area (Å²) in [5.74, 6) is 0. The van der Waals surface area contributed by atoms with Gasteiger partial charge in [-0.3, -0.25) is 0 Å². The lowest BCUT2D eigenvalue weighted by molar-refractivity contribution is 1.42. The van der Waals surface area contributed by atoms with Crippen LogP contribution in [0.4, 0.5) is 0 Å². The van der Waals surface area contributed by atoms with E-state index in [4.69, 9.17) is 0 Å². The van der Waals surface area contributed by atoms with Crippen LogP contribution in [0.15, 0.2) is 206 Å². The number of benzene rings is 9. The molecule has 0 nitrogen and oxygen atoms in total. The Kier molecular flexibility index (Phi) is 9.77. The predicted molar refractivity (Wildman–Crippen MR) is 243 cm³/mol. The lowest BCUT2D eigenvalue weighted by atomic mass is 9.80. The molecule has 0 aliphatic heterocycles. The fourth-order valence-corrected chi connectivity index (χ4v) is 8.21. The van der Waals surface area contributed by atoms with Crippen LogP contribution < -0.4 is 0 Å². The molecule has 0 N–H and O–H groups in total. The first kappa shape index (κ1) is 35.7. The summed E-state index contributed by atoms with van der Waals surface area (Å²) in [6, 6.07) is 79.1. The van der Waals surface area contributed by atoms with Gasteiger partial charge in [-0.15, -0.1) is 0 Å². The largest absolute Gasteiger partial charge is 0.0622 e. The third-order valence-electron chi connectivity index (χ3n) is 11.2. The zero-order valence-electron chi connectivity index (χ0n) is 32.6. The van der Waals surface area contributed by atoms with Crippen LogP contribution in [-0.4, -0.2) is 0 Å². The van der Waals surface area contributed by atoms with Crippen LogP contribution in [0.3, 0.4) is 0 Å². The maximum absolute atomic E-state index is 4.17. The SMILES string of the molecule is Cc1ccc(-c2c(C)cccc2-c2cc(-c3cccc(-c4ccccc4)c3)c(-c3ccccc3-c3cccc(-c4ccccc4)c3)[c]c2-c2ccccc2C)cc1. The van der Waals surface area contributed by atoms with Gasteiger partial charge in [0.05, 0.1) is 0 Å². The maximum atomic E-state index is 4.17. The van der Waals surface area contributed by atoms with Crippen LogP contribution in [-0.2, 0) is 0 Å². The molecule has 57 heavy (non-hydrogen) atoms. The molecule has 9 aromatic carbocycles. The Morgan fingerprint density at radius 1 is 0.263 bits per heavy atom. The van der Waals surface area contributed by atoms with Gasteiger partial charge in [0.15, 0.2) is 0 Å². The molecule has 0 saturated carbocycles. The summed E-state index contributed by atoms with van der Waals surface area (Å²) in [5, 5.41) is 0. The molecule has 0 unspecified atom stereocenters. The lowest BCUT2D eigenvalue weighted by Crippen LogP contribution is -1.97. The molecule has 0 fully saturated rings. The van der Waals surface area contributed by atoms with Crippen molar-refractivity contribution in [2.24, 2.45) is 0 Å². The summed E-state index contributed by atoms with van der Waals surface area (Å²) in [4.78, 5) is 0. The van der Waals surface area contributed by atoms with Crippen molar-refractivity contribution >= 4 is 0 Å². The van der Waals surface area contributed by atoms with Crippen molar-refractivity contribution in [3.05, 3.63) is 229 Å². The van der Waals surface area contributed by atoms with Crippen molar-refractivity contribution in [3.8, 4) is 89.0 Å². The Morgan fingerprint density at radius 3 is 1.35 bits per heavy atom. The fraction of sp³-hybridized carbons (Fsp3) is 0.0526. The van der Waals surface area contributed by atoms with Gasteiger partial charge in [-0.1, -0.05) is 194 Å². The van der Waals surface area contributed by atoms with Crippen LogP contribution in [0.25, 0.3) is 89.0 Å². The van der Waals surface area contributed by atoms with E-state index in [2.05, 4.69) is 233 Å². The summed E-state index contributed by atoms with van der Waals surface area (Å²) in [5.41, 5.74) is 22.4. The molecule has 0 heterocycles. The average molecular weight is 728 g/mol.